The van der Waals surface area contributed by atoms with Crippen LogP contribution in [-0.4, -0.2) is 91.4 Å². The van der Waals surface area contributed by atoms with E-state index in [0.717, 1.165) is 11.1 Å². The average molecular weight is 676 g/mol. The average Bonchev–Trinajstić information content (AvgIpc) is 3.80. The highest BCUT2D eigenvalue weighted by Crippen LogP contribution is 2.21. The van der Waals surface area contributed by atoms with Crippen LogP contribution in [0.4, 0.5) is 0 Å². The van der Waals surface area contributed by atoms with Crippen LogP contribution >= 0.6 is 0 Å². The molecule has 14 nitrogen and oxygen atoms in total. The van der Waals surface area contributed by atoms with Crippen molar-refractivity contribution in [2.45, 2.75) is 82.6 Å². The topological polar surface area (TPSA) is 220 Å². The van der Waals surface area contributed by atoms with Gasteiger partial charge in [-0.1, -0.05) is 62.7 Å². The molecule has 262 valence electrons. The highest BCUT2D eigenvalue weighted by atomic mass is 16.4. The number of H-pyrrole nitrogens is 1. The zero-order chi connectivity index (χ0) is 35.5. The molecule has 1 fully saturated rings. The lowest BCUT2D eigenvalue weighted by Crippen LogP contribution is -2.60. The third kappa shape index (κ3) is 10.1. The van der Waals surface area contributed by atoms with Gasteiger partial charge in [-0.25, -0.2) is 9.78 Å². The molecule has 0 bridgehead atoms. The number of nitrogens with zero attached hydrogens (tertiary/aromatic N) is 2. The summed E-state index contributed by atoms with van der Waals surface area (Å²) in [7, 11) is 0. The van der Waals surface area contributed by atoms with Crippen molar-refractivity contribution in [3.8, 4) is 5.75 Å². The number of aliphatic carboxylic acids is 1. The Kier molecular flexibility index (Phi) is 12.9. The second kappa shape index (κ2) is 17.2. The number of hydrogen-bond acceptors (Lipinski definition) is 8. The van der Waals surface area contributed by atoms with Crippen molar-refractivity contribution in [3.63, 3.8) is 0 Å². The van der Waals surface area contributed by atoms with Crippen molar-refractivity contribution in [1.82, 2.24) is 30.8 Å². The molecule has 0 aliphatic carbocycles. The number of aromatic nitrogens is 2. The van der Waals surface area contributed by atoms with Crippen LogP contribution in [0.2, 0.25) is 0 Å². The maximum Gasteiger partial charge on any atom is 0.326 e. The molecule has 2 heterocycles. The summed E-state index contributed by atoms with van der Waals surface area (Å²) in [6, 6.07) is 9.96. The lowest BCUT2D eigenvalue weighted by atomic mass is 9.96. The number of phenols is 1. The highest BCUT2D eigenvalue weighted by Gasteiger charge is 2.40. The third-order valence-electron chi connectivity index (χ3n) is 8.85. The number of amides is 4. The van der Waals surface area contributed by atoms with E-state index in [0.29, 0.717) is 25.0 Å². The predicted molar refractivity (Wildman–Crippen MR) is 180 cm³/mol. The number of hydrogen-bond donors (Lipinski definition) is 7. The van der Waals surface area contributed by atoms with E-state index in [9.17, 15) is 34.2 Å². The summed E-state index contributed by atoms with van der Waals surface area (Å²) in [4.78, 5) is 74.9. The van der Waals surface area contributed by atoms with Crippen molar-refractivity contribution in [3.05, 3.63) is 83.9 Å². The van der Waals surface area contributed by atoms with Gasteiger partial charge in [0.2, 0.25) is 23.6 Å². The Labute approximate surface area is 284 Å². The Morgan fingerprint density at radius 2 is 1.63 bits per heavy atom. The number of nitrogens with one attached hydrogen (secondary N) is 4. The molecule has 0 spiro atoms. The number of benzene rings is 2. The number of aromatic hydroxyl groups is 1. The number of imidazole rings is 1. The van der Waals surface area contributed by atoms with E-state index in [2.05, 4.69) is 25.9 Å². The number of phenolic OH excluding ortho intramolecular Hbond substituents is 1. The molecule has 0 radical (unpaired) electrons. The Bertz CT molecular complexity index is 1570. The standard InChI is InChI=1S/C35H45N7O7/c1-3-21(2)30(41-31(44)26(36)16-23-11-13-25(43)14-12-23)33(46)39-27(18-24-19-37-20-38-24)34(47)42-15-7-10-29(42)32(45)40-28(35(48)49)17-22-8-5-4-6-9-22/h4-6,8-9,11-14,19-21,26-30,43H,3,7,10,15-18,36H2,1-2H3,(H,37,38)(H,39,46)(H,40,45)(H,41,44)(H,48,49)/t21-,26-,27-,28-,29-,30-/m0/s1. The number of likely N-dealkylation sites (tertiary alicyclic amines) is 1. The summed E-state index contributed by atoms with van der Waals surface area (Å²) >= 11 is 0. The van der Waals surface area contributed by atoms with Crippen LogP contribution in [0.5, 0.6) is 5.75 Å². The van der Waals surface area contributed by atoms with Gasteiger partial charge in [-0.2, -0.15) is 0 Å². The molecule has 1 saturated heterocycles. The van der Waals surface area contributed by atoms with Gasteiger partial charge in [0.05, 0.1) is 12.4 Å². The van der Waals surface area contributed by atoms with E-state index in [-0.39, 0.29) is 37.5 Å². The molecule has 4 rings (SSSR count). The van der Waals surface area contributed by atoms with Crippen molar-refractivity contribution >= 4 is 29.6 Å². The molecule has 4 amide bonds. The van der Waals surface area contributed by atoms with E-state index >= 15 is 0 Å². The van der Waals surface area contributed by atoms with E-state index in [4.69, 9.17) is 5.73 Å². The molecule has 1 aliphatic heterocycles. The van der Waals surface area contributed by atoms with Gasteiger partial charge < -0.3 is 41.8 Å². The van der Waals surface area contributed by atoms with Crippen molar-refractivity contribution in [1.29, 1.82) is 0 Å². The normalized spacial score (nSPS) is 17.3. The van der Waals surface area contributed by atoms with Crippen molar-refractivity contribution < 1.29 is 34.2 Å². The molecule has 1 aromatic heterocycles. The summed E-state index contributed by atoms with van der Waals surface area (Å²) in [6.45, 7) is 3.91. The van der Waals surface area contributed by atoms with Crippen LogP contribution in [0.25, 0.3) is 0 Å². The van der Waals surface area contributed by atoms with Crippen LogP contribution in [0.3, 0.4) is 0 Å². The fourth-order valence-electron chi connectivity index (χ4n) is 5.84. The first-order chi connectivity index (χ1) is 23.5. The SMILES string of the molecule is CC[C@H](C)[C@H](NC(=O)[C@@H](N)Cc1ccc(O)cc1)C(=O)N[C@@H](Cc1cnc[nH]1)C(=O)N1CCC[C@H]1C(=O)N[C@@H](Cc1ccccc1)C(=O)O. The number of aromatic amines is 1. The van der Waals surface area contributed by atoms with E-state index < -0.39 is 59.8 Å². The molecule has 0 saturated carbocycles. The van der Waals surface area contributed by atoms with Crippen molar-refractivity contribution in [2.24, 2.45) is 11.7 Å². The molecule has 0 unspecified atom stereocenters. The minimum absolute atomic E-state index is 0.0305. The van der Waals surface area contributed by atoms with Crippen LogP contribution in [0.1, 0.15) is 49.9 Å². The Morgan fingerprint density at radius 1 is 0.939 bits per heavy atom. The molecule has 49 heavy (non-hydrogen) atoms. The molecule has 14 heteroatoms. The largest absolute Gasteiger partial charge is 0.508 e. The fourth-order valence-corrected chi connectivity index (χ4v) is 5.84. The van der Waals surface area contributed by atoms with Crippen LogP contribution in [0, 0.1) is 5.92 Å². The maximum absolute atomic E-state index is 14.1. The molecule has 1 aliphatic rings. The summed E-state index contributed by atoms with van der Waals surface area (Å²) in [5.41, 5.74) is 8.22. The number of carboxylic acids is 1. The Morgan fingerprint density at radius 3 is 2.27 bits per heavy atom. The third-order valence-corrected chi connectivity index (χ3v) is 8.85. The number of nitrogens with two attached hydrogens (primary N) is 1. The quantitative estimate of drug-likeness (QED) is 0.115. The van der Waals surface area contributed by atoms with Gasteiger partial charge >= 0.3 is 5.97 Å². The second-order valence-corrected chi connectivity index (χ2v) is 12.5. The lowest BCUT2D eigenvalue weighted by Gasteiger charge is -2.31. The minimum Gasteiger partial charge on any atom is -0.508 e. The Balaban J connectivity index is 1.48. The second-order valence-electron chi connectivity index (χ2n) is 12.5. The van der Waals surface area contributed by atoms with Gasteiger partial charge in [0.1, 0.15) is 29.9 Å². The number of rotatable bonds is 16. The minimum atomic E-state index is -1.20. The highest BCUT2D eigenvalue weighted by molar-refractivity contribution is 5.96. The molecular formula is C35H45N7O7. The van der Waals surface area contributed by atoms with Crippen LogP contribution in [0.15, 0.2) is 67.1 Å². The number of carbonyl (C=O) groups is 5. The first-order valence-corrected chi connectivity index (χ1v) is 16.5. The maximum atomic E-state index is 14.1. The number of carboxylic acid groups (broad SMARTS) is 1. The van der Waals surface area contributed by atoms with Gasteiger partial charge in [-0.3, -0.25) is 19.2 Å². The smallest absolute Gasteiger partial charge is 0.326 e. The summed E-state index contributed by atoms with van der Waals surface area (Å²) in [6.07, 6.45) is 4.62. The predicted octanol–water partition coefficient (Wildman–Crippen LogP) is 1.05. The lowest BCUT2D eigenvalue weighted by molar-refractivity contribution is -0.145. The van der Waals surface area contributed by atoms with Gasteiger partial charge in [0.25, 0.3) is 0 Å². The van der Waals surface area contributed by atoms with Crippen LogP contribution < -0.4 is 21.7 Å². The zero-order valence-corrected chi connectivity index (χ0v) is 27.7. The monoisotopic (exact) mass is 675 g/mol. The van der Waals surface area contributed by atoms with E-state index in [1.54, 1.807) is 43.3 Å². The van der Waals surface area contributed by atoms with E-state index in [1.807, 2.05) is 13.0 Å². The molecule has 2 aromatic carbocycles. The fraction of sp³-hybridized carbons (Fsp3) is 0.429. The molecular weight excluding hydrogens is 630 g/mol. The first kappa shape index (κ1) is 36.6. The molecule has 8 N–H and O–H groups in total. The molecule has 3 aromatic rings. The first-order valence-electron chi connectivity index (χ1n) is 16.5. The summed E-state index contributed by atoms with van der Waals surface area (Å²) in [5.74, 6) is -3.69. The van der Waals surface area contributed by atoms with Gasteiger partial charge in [-0.05, 0) is 48.4 Å². The Hall–Kier alpha value is -5.24. The summed E-state index contributed by atoms with van der Waals surface area (Å²) < 4.78 is 0. The van der Waals surface area contributed by atoms with Gasteiger partial charge in [-0.15, -0.1) is 0 Å². The van der Waals surface area contributed by atoms with Gasteiger partial charge in [0.15, 0.2) is 0 Å². The van der Waals surface area contributed by atoms with E-state index in [1.165, 1.54) is 29.6 Å². The number of carbonyl (C=O) groups excluding carboxylic acids is 4. The molecule has 6 atom stereocenters. The van der Waals surface area contributed by atoms with Crippen molar-refractivity contribution in [2.75, 3.05) is 6.54 Å². The zero-order valence-electron chi connectivity index (χ0n) is 27.7. The summed E-state index contributed by atoms with van der Waals surface area (Å²) in [5, 5.41) is 27.6. The van der Waals surface area contributed by atoms with Crippen LogP contribution in [-0.2, 0) is 43.2 Å². The van der Waals surface area contributed by atoms with Gasteiger partial charge in [0, 0.05) is 31.3 Å².